The van der Waals surface area contributed by atoms with Gasteiger partial charge in [-0.2, -0.15) is 4.98 Å². The molecule has 5 nitrogen and oxygen atoms in total. The molecule has 1 aromatic carbocycles. The molecule has 0 fully saturated rings. The van der Waals surface area contributed by atoms with Gasteiger partial charge in [-0.05, 0) is 38.1 Å². The van der Waals surface area contributed by atoms with Gasteiger partial charge in [-0.1, -0.05) is 0 Å². The summed E-state index contributed by atoms with van der Waals surface area (Å²) in [5.74, 6) is 2.62. The fourth-order valence-corrected chi connectivity index (χ4v) is 1.53. The molecule has 2 aromatic rings. The second-order valence-electron chi connectivity index (χ2n) is 3.99. The topological polar surface area (TPSA) is 56.3 Å². The molecule has 0 radical (unpaired) electrons. The average molecular weight is 259 g/mol. The molecule has 5 heteroatoms. The van der Waals surface area contributed by atoms with Crippen molar-refractivity contribution in [3.63, 3.8) is 0 Å². The van der Waals surface area contributed by atoms with Crippen molar-refractivity contribution >= 4 is 5.95 Å². The van der Waals surface area contributed by atoms with Gasteiger partial charge in [0.2, 0.25) is 11.8 Å². The highest BCUT2D eigenvalue weighted by Crippen LogP contribution is 2.25. The highest BCUT2D eigenvalue weighted by atomic mass is 16.5. The summed E-state index contributed by atoms with van der Waals surface area (Å²) in [5, 5.41) is 3.06. The van der Waals surface area contributed by atoms with Gasteiger partial charge in [0.05, 0.1) is 7.11 Å². The fourth-order valence-electron chi connectivity index (χ4n) is 1.53. The molecule has 0 saturated carbocycles. The molecule has 0 saturated heterocycles. The maximum absolute atomic E-state index is 5.75. The Bertz CT molecular complexity index is 541. The van der Waals surface area contributed by atoms with Crippen molar-refractivity contribution in [2.24, 2.45) is 0 Å². The molecule has 0 amide bonds. The van der Waals surface area contributed by atoms with E-state index in [0.29, 0.717) is 17.6 Å². The maximum Gasteiger partial charge on any atom is 0.226 e. The number of anilines is 1. The second-order valence-corrected chi connectivity index (χ2v) is 3.99. The Balaban J connectivity index is 2.18. The summed E-state index contributed by atoms with van der Waals surface area (Å²) in [6.45, 7) is 4.67. The lowest BCUT2D eigenvalue weighted by Gasteiger charge is -2.09. The number of aromatic nitrogens is 2. The van der Waals surface area contributed by atoms with E-state index in [1.807, 2.05) is 38.1 Å². The van der Waals surface area contributed by atoms with Crippen molar-refractivity contribution in [2.45, 2.75) is 13.8 Å². The Labute approximate surface area is 112 Å². The zero-order valence-electron chi connectivity index (χ0n) is 11.3. The molecule has 0 bridgehead atoms. The third-order valence-electron chi connectivity index (χ3n) is 2.53. The largest absolute Gasteiger partial charge is 0.497 e. The fraction of sp³-hybridized carbons (Fsp3) is 0.286. The van der Waals surface area contributed by atoms with E-state index in [4.69, 9.17) is 9.47 Å². The Hall–Kier alpha value is -2.30. The van der Waals surface area contributed by atoms with Crippen molar-refractivity contribution < 1.29 is 9.47 Å². The number of ether oxygens (including phenoxy) is 2. The van der Waals surface area contributed by atoms with Crippen LogP contribution in [0.1, 0.15) is 12.5 Å². The van der Waals surface area contributed by atoms with E-state index in [0.717, 1.165) is 17.9 Å². The first kappa shape index (κ1) is 13.1. The molecule has 0 spiro atoms. The van der Waals surface area contributed by atoms with Gasteiger partial charge < -0.3 is 14.8 Å². The quantitative estimate of drug-likeness (QED) is 0.894. The molecule has 0 aliphatic rings. The highest BCUT2D eigenvalue weighted by Gasteiger charge is 2.06. The summed E-state index contributed by atoms with van der Waals surface area (Å²) in [6, 6.07) is 7.37. The van der Waals surface area contributed by atoms with Crippen LogP contribution in [0.4, 0.5) is 5.95 Å². The van der Waals surface area contributed by atoms with E-state index >= 15 is 0 Å². The minimum absolute atomic E-state index is 0.552. The number of methoxy groups -OCH3 is 1. The molecular weight excluding hydrogens is 242 g/mol. The smallest absolute Gasteiger partial charge is 0.226 e. The first-order valence-electron chi connectivity index (χ1n) is 6.12. The van der Waals surface area contributed by atoms with Crippen LogP contribution in [0.3, 0.4) is 0 Å². The number of aryl methyl sites for hydroxylation is 1. The van der Waals surface area contributed by atoms with Gasteiger partial charge in [-0.25, -0.2) is 4.98 Å². The maximum atomic E-state index is 5.75. The van der Waals surface area contributed by atoms with Crippen LogP contribution < -0.4 is 14.8 Å². The molecule has 2 rings (SSSR count). The van der Waals surface area contributed by atoms with Crippen molar-refractivity contribution in [1.82, 2.24) is 9.97 Å². The zero-order chi connectivity index (χ0) is 13.7. The van der Waals surface area contributed by atoms with Gasteiger partial charge in [-0.3, -0.25) is 0 Å². The summed E-state index contributed by atoms with van der Waals surface area (Å²) in [6.07, 6.45) is 1.74. The lowest BCUT2D eigenvalue weighted by atomic mass is 10.3. The molecule has 100 valence electrons. The molecule has 19 heavy (non-hydrogen) atoms. The van der Waals surface area contributed by atoms with Crippen molar-refractivity contribution in [2.75, 3.05) is 19.0 Å². The lowest BCUT2D eigenvalue weighted by Crippen LogP contribution is -2.03. The van der Waals surface area contributed by atoms with E-state index in [2.05, 4.69) is 15.3 Å². The van der Waals surface area contributed by atoms with Crippen LogP contribution in [0.5, 0.6) is 17.4 Å². The molecule has 1 aromatic heterocycles. The van der Waals surface area contributed by atoms with Gasteiger partial charge >= 0.3 is 0 Å². The lowest BCUT2D eigenvalue weighted by molar-refractivity contribution is 0.412. The first-order chi connectivity index (χ1) is 9.22. The van der Waals surface area contributed by atoms with E-state index in [1.165, 1.54) is 0 Å². The van der Waals surface area contributed by atoms with Crippen molar-refractivity contribution in [3.05, 3.63) is 36.0 Å². The van der Waals surface area contributed by atoms with E-state index < -0.39 is 0 Å². The Kier molecular flexibility index (Phi) is 4.18. The molecule has 0 atom stereocenters. The van der Waals surface area contributed by atoms with Crippen LogP contribution in [0, 0.1) is 6.92 Å². The number of hydrogen-bond donors (Lipinski definition) is 1. The third-order valence-corrected chi connectivity index (χ3v) is 2.53. The van der Waals surface area contributed by atoms with Gasteiger partial charge in [0.25, 0.3) is 0 Å². The predicted octanol–water partition coefficient (Wildman–Crippen LogP) is 3.02. The number of nitrogens with one attached hydrogen (secondary N) is 1. The molecule has 0 aliphatic heterocycles. The van der Waals surface area contributed by atoms with Crippen molar-refractivity contribution in [3.8, 4) is 17.4 Å². The number of hydrogen-bond acceptors (Lipinski definition) is 5. The van der Waals surface area contributed by atoms with Gasteiger partial charge in [0.15, 0.2) is 0 Å². The van der Waals surface area contributed by atoms with Crippen LogP contribution in [0.25, 0.3) is 0 Å². The molecule has 1 N–H and O–H groups in total. The molecule has 0 aliphatic carbocycles. The second kappa shape index (κ2) is 6.04. The van der Waals surface area contributed by atoms with E-state index in [1.54, 1.807) is 13.3 Å². The van der Waals surface area contributed by atoms with Crippen LogP contribution in [0.15, 0.2) is 30.5 Å². The summed E-state index contributed by atoms with van der Waals surface area (Å²) < 4.78 is 10.9. The summed E-state index contributed by atoms with van der Waals surface area (Å²) in [7, 11) is 1.63. The molecule has 1 heterocycles. The minimum atomic E-state index is 0.552. The monoisotopic (exact) mass is 259 g/mol. The summed E-state index contributed by atoms with van der Waals surface area (Å²) in [5.41, 5.74) is 0.887. The van der Waals surface area contributed by atoms with Crippen LogP contribution in [-0.2, 0) is 0 Å². The van der Waals surface area contributed by atoms with Crippen molar-refractivity contribution in [1.29, 1.82) is 0 Å². The highest BCUT2D eigenvalue weighted by molar-refractivity contribution is 5.37. The van der Waals surface area contributed by atoms with Crippen LogP contribution in [0.2, 0.25) is 0 Å². The third kappa shape index (κ3) is 3.34. The number of rotatable bonds is 5. The molecule has 0 unspecified atom stereocenters. The average Bonchev–Trinajstić information content (AvgIpc) is 2.44. The number of benzene rings is 1. The molecular formula is C14H17N3O2. The van der Waals surface area contributed by atoms with Crippen LogP contribution >= 0.6 is 0 Å². The Morgan fingerprint density at radius 1 is 1.16 bits per heavy atom. The predicted molar refractivity (Wildman–Crippen MR) is 74.0 cm³/mol. The Morgan fingerprint density at radius 2 is 1.84 bits per heavy atom. The Morgan fingerprint density at radius 3 is 2.47 bits per heavy atom. The summed E-state index contributed by atoms with van der Waals surface area (Å²) >= 11 is 0. The summed E-state index contributed by atoms with van der Waals surface area (Å²) in [4.78, 5) is 8.50. The normalized spacial score (nSPS) is 10.1. The first-order valence-corrected chi connectivity index (χ1v) is 6.12. The van der Waals surface area contributed by atoms with Gasteiger partial charge in [0.1, 0.15) is 11.5 Å². The zero-order valence-corrected chi connectivity index (χ0v) is 11.3. The van der Waals surface area contributed by atoms with E-state index in [9.17, 15) is 0 Å². The van der Waals surface area contributed by atoms with E-state index in [-0.39, 0.29) is 0 Å². The van der Waals surface area contributed by atoms with Crippen LogP contribution in [-0.4, -0.2) is 23.6 Å². The number of nitrogens with zero attached hydrogens (tertiary/aromatic N) is 2. The SMILES string of the molecule is CCNc1ncc(C)c(Oc2ccc(OC)cc2)n1. The standard InChI is InChI=1S/C14H17N3O2/c1-4-15-14-16-9-10(2)13(17-14)19-12-7-5-11(18-3)6-8-12/h5-9H,4H2,1-3H3,(H,15,16,17). The van der Waals surface area contributed by atoms with Gasteiger partial charge in [-0.15, -0.1) is 0 Å². The van der Waals surface area contributed by atoms with Gasteiger partial charge in [0, 0.05) is 18.3 Å². The minimum Gasteiger partial charge on any atom is -0.497 e.